The van der Waals surface area contributed by atoms with Crippen LogP contribution in [0.3, 0.4) is 0 Å². The monoisotopic (exact) mass is 297 g/mol. The second-order valence-electron chi connectivity index (χ2n) is 4.07. The zero-order chi connectivity index (χ0) is 14.7. The van der Waals surface area contributed by atoms with Crippen LogP contribution in [-0.2, 0) is 9.59 Å². The van der Waals surface area contributed by atoms with Gasteiger partial charge in [0.15, 0.2) is 0 Å². The summed E-state index contributed by atoms with van der Waals surface area (Å²) in [5, 5.41) is 17.1. The van der Waals surface area contributed by atoms with Crippen LogP contribution in [0.2, 0.25) is 0 Å². The predicted octanol–water partition coefficient (Wildman–Crippen LogP) is 0.373. The Morgan fingerprint density at radius 3 is 2.80 bits per heavy atom. The normalized spacial score (nSPS) is 18.3. The number of carbonyl (C=O) groups is 4. The number of nitrogens with one attached hydrogen (secondary N) is 3. The highest BCUT2D eigenvalue weighted by Gasteiger charge is 2.28. The molecule has 0 aromatic carbocycles. The summed E-state index contributed by atoms with van der Waals surface area (Å²) in [7, 11) is 0. The third-order valence-corrected chi connectivity index (χ3v) is 3.50. The molecule has 4 amide bonds. The maximum atomic E-state index is 12.0. The highest BCUT2D eigenvalue weighted by molar-refractivity contribution is 7.14. The summed E-state index contributed by atoms with van der Waals surface area (Å²) in [5.74, 6) is -1.49. The van der Waals surface area contributed by atoms with E-state index in [0.717, 1.165) is 11.3 Å². The summed E-state index contributed by atoms with van der Waals surface area (Å²) in [6.07, 6.45) is -0.898. The minimum atomic E-state index is -1.28. The molecule has 1 aromatic rings. The molecule has 2 rings (SSSR count). The molecule has 4 N–H and O–H groups in total. The lowest BCUT2D eigenvalue weighted by molar-refractivity contribution is -0.134. The van der Waals surface area contributed by atoms with Gasteiger partial charge in [0.25, 0.3) is 5.91 Å². The van der Waals surface area contributed by atoms with Gasteiger partial charge in [0.1, 0.15) is 11.0 Å². The molecule has 106 valence electrons. The van der Waals surface area contributed by atoms with Gasteiger partial charge in [-0.05, 0) is 17.9 Å². The summed E-state index contributed by atoms with van der Waals surface area (Å²) in [6.45, 7) is 0. The van der Waals surface area contributed by atoms with Crippen LogP contribution < -0.4 is 16.0 Å². The Morgan fingerprint density at radius 2 is 2.15 bits per heavy atom. The molecule has 1 fully saturated rings. The summed E-state index contributed by atoms with van der Waals surface area (Å²) in [5.41, 5.74) is 0.141. The van der Waals surface area contributed by atoms with E-state index in [1.165, 1.54) is 6.07 Å². The van der Waals surface area contributed by atoms with Crippen LogP contribution in [0.25, 0.3) is 0 Å². The Bertz CT molecular complexity index is 582. The molecule has 1 atom stereocenters. The first-order valence-corrected chi connectivity index (χ1v) is 6.57. The first-order chi connectivity index (χ1) is 9.47. The van der Waals surface area contributed by atoms with Crippen molar-refractivity contribution in [2.24, 2.45) is 0 Å². The van der Waals surface area contributed by atoms with E-state index in [0.29, 0.717) is 0 Å². The van der Waals surface area contributed by atoms with E-state index in [2.05, 4.69) is 16.0 Å². The van der Waals surface area contributed by atoms with Crippen molar-refractivity contribution in [3.8, 4) is 0 Å². The van der Waals surface area contributed by atoms with Crippen LogP contribution >= 0.6 is 11.3 Å². The highest BCUT2D eigenvalue weighted by Crippen LogP contribution is 2.23. The summed E-state index contributed by atoms with van der Waals surface area (Å²) >= 11 is 1.06. The number of amides is 4. The predicted molar refractivity (Wildman–Crippen MR) is 69.6 cm³/mol. The molecule has 2 heterocycles. The standard InChI is InChI=1S/C11H11N3O5S/c15-7-2-1-6(9(17)13-7)12-8(16)5-3-4-20-10(5)14-11(18)19/h3-4,6,14H,1-2H2,(H,12,16)(H,18,19)(H,13,15,17). The Balaban J connectivity index is 2.05. The minimum Gasteiger partial charge on any atom is -0.465 e. The number of anilines is 1. The molecular weight excluding hydrogens is 286 g/mol. The van der Waals surface area contributed by atoms with E-state index in [1.54, 1.807) is 5.38 Å². The molecule has 0 radical (unpaired) electrons. The van der Waals surface area contributed by atoms with Crippen LogP contribution in [0.1, 0.15) is 23.2 Å². The van der Waals surface area contributed by atoms with E-state index in [-0.39, 0.29) is 29.3 Å². The lowest BCUT2D eigenvalue weighted by atomic mass is 10.1. The zero-order valence-electron chi connectivity index (χ0n) is 10.1. The van der Waals surface area contributed by atoms with Gasteiger partial charge in [-0.2, -0.15) is 0 Å². The second-order valence-corrected chi connectivity index (χ2v) is 4.99. The van der Waals surface area contributed by atoms with Crippen LogP contribution in [0.15, 0.2) is 11.4 Å². The van der Waals surface area contributed by atoms with Crippen LogP contribution in [0, 0.1) is 0 Å². The van der Waals surface area contributed by atoms with Gasteiger partial charge in [-0.15, -0.1) is 11.3 Å². The molecule has 1 aliphatic rings. The van der Waals surface area contributed by atoms with Gasteiger partial charge >= 0.3 is 6.09 Å². The summed E-state index contributed by atoms with van der Waals surface area (Å²) in [6, 6.07) is 0.662. The smallest absolute Gasteiger partial charge is 0.409 e. The highest BCUT2D eigenvalue weighted by atomic mass is 32.1. The van der Waals surface area contributed by atoms with Crippen molar-refractivity contribution in [2.45, 2.75) is 18.9 Å². The molecule has 1 unspecified atom stereocenters. The van der Waals surface area contributed by atoms with E-state index in [9.17, 15) is 19.2 Å². The molecule has 8 nitrogen and oxygen atoms in total. The topological polar surface area (TPSA) is 125 Å². The molecule has 0 bridgehead atoms. The number of carboxylic acid groups (broad SMARTS) is 1. The number of carbonyl (C=O) groups excluding carboxylic acids is 3. The largest absolute Gasteiger partial charge is 0.465 e. The van der Waals surface area contributed by atoms with Gasteiger partial charge in [-0.1, -0.05) is 0 Å². The van der Waals surface area contributed by atoms with Crippen molar-refractivity contribution in [2.75, 3.05) is 5.32 Å². The zero-order valence-corrected chi connectivity index (χ0v) is 11.0. The maximum absolute atomic E-state index is 12.0. The second kappa shape index (κ2) is 5.70. The van der Waals surface area contributed by atoms with Crippen molar-refractivity contribution in [3.63, 3.8) is 0 Å². The Hall–Kier alpha value is -2.42. The summed E-state index contributed by atoms with van der Waals surface area (Å²) in [4.78, 5) is 45.1. The molecule has 0 aliphatic carbocycles. The molecule has 1 aliphatic heterocycles. The van der Waals surface area contributed by atoms with Gasteiger partial charge in [0, 0.05) is 6.42 Å². The first kappa shape index (κ1) is 14.0. The lowest BCUT2D eigenvalue weighted by Crippen LogP contribution is -2.52. The maximum Gasteiger partial charge on any atom is 0.409 e. The van der Waals surface area contributed by atoms with E-state index in [4.69, 9.17) is 5.11 Å². The Morgan fingerprint density at radius 1 is 1.40 bits per heavy atom. The first-order valence-electron chi connectivity index (χ1n) is 5.69. The fraction of sp³-hybridized carbons (Fsp3) is 0.273. The number of hydrogen-bond acceptors (Lipinski definition) is 5. The van der Waals surface area contributed by atoms with Crippen LogP contribution in [0.5, 0.6) is 0 Å². The number of rotatable bonds is 3. The number of thiophene rings is 1. The average molecular weight is 297 g/mol. The molecule has 20 heavy (non-hydrogen) atoms. The van der Waals surface area contributed by atoms with E-state index < -0.39 is 23.9 Å². The molecule has 1 aromatic heterocycles. The van der Waals surface area contributed by atoms with Gasteiger partial charge in [0.2, 0.25) is 11.8 Å². The van der Waals surface area contributed by atoms with Crippen molar-refractivity contribution in [1.29, 1.82) is 0 Å². The Kier molecular flexibility index (Phi) is 3.99. The molecule has 0 saturated carbocycles. The van der Waals surface area contributed by atoms with Gasteiger partial charge < -0.3 is 10.4 Å². The van der Waals surface area contributed by atoms with E-state index in [1.807, 2.05) is 0 Å². The van der Waals surface area contributed by atoms with Crippen molar-refractivity contribution in [3.05, 3.63) is 17.0 Å². The molecule has 9 heteroatoms. The molecule has 1 saturated heterocycles. The van der Waals surface area contributed by atoms with Crippen molar-refractivity contribution < 1.29 is 24.3 Å². The van der Waals surface area contributed by atoms with Crippen LogP contribution in [-0.4, -0.2) is 35.0 Å². The van der Waals surface area contributed by atoms with Gasteiger partial charge in [-0.25, -0.2) is 4.79 Å². The quantitative estimate of drug-likeness (QED) is 0.600. The third kappa shape index (κ3) is 3.12. The number of hydrogen-bond donors (Lipinski definition) is 4. The molecule has 0 spiro atoms. The van der Waals surface area contributed by atoms with Crippen molar-refractivity contribution in [1.82, 2.24) is 10.6 Å². The fourth-order valence-corrected chi connectivity index (χ4v) is 2.52. The SMILES string of the molecule is O=C(O)Nc1sccc1C(=O)NC1CCC(=O)NC1=O. The lowest BCUT2D eigenvalue weighted by Gasteiger charge is -2.21. The fourth-order valence-electron chi connectivity index (χ4n) is 1.75. The van der Waals surface area contributed by atoms with E-state index >= 15 is 0 Å². The third-order valence-electron chi connectivity index (χ3n) is 2.67. The minimum absolute atomic E-state index is 0.141. The Labute approximate surface area is 117 Å². The molecular formula is C11H11N3O5S. The van der Waals surface area contributed by atoms with Crippen molar-refractivity contribution >= 4 is 40.2 Å². The van der Waals surface area contributed by atoms with Crippen LogP contribution in [0.4, 0.5) is 9.80 Å². The van der Waals surface area contributed by atoms with Gasteiger partial charge in [0.05, 0.1) is 5.56 Å². The average Bonchev–Trinajstić information content (AvgIpc) is 2.80. The van der Waals surface area contributed by atoms with Gasteiger partial charge in [-0.3, -0.25) is 25.0 Å². The number of imide groups is 1. The number of piperidine rings is 1. The summed E-state index contributed by atoms with van der Waals surface area (Å²) < 4.78 is 0.